The Bertz CT molecular complexity index is 1230. The fraction of sp³-hybridized carbons (Fsp3) is 0.286. The van der Waals surface area contributed by atoms with E-state index >= 15 is 0 Å². The maximum Gasteiger partial charge on any atom is 0.280 e. The number of methoxy groups -OCH3 is 2. The summed E-state index contributed by atoms with van der Waals surface area (Å²) in [7, 11) is -0.698. The highest BCUT2D eigenvalue weighted by atomic mass is 32.2. The lowest BCUT2D eigenvalue weighted by Gasteiger charge is -2.09. The lowest BCUT2D eigenvalue weighted by atomic mass is 10.1. The molecule has 2 heterocycles. The number of hydrogen-bond acceptors (Lipinski definition) is 11. The van der Waals surface area contributed by atoms with Gasteiger partial charge in [0, 0.05) is 44.9 Å². The molecule has 0 saturated carbocycles. The Morgan fingerprint density at radius 1 is 1.06 bits per heavy atom. The third kappa shape index (κ3) is 7.87. The zero-order valence-electron chi connectivity index (χ0n) is 19.0. The van der Waals surface area contributed by atoms with Crippen LogP contribution in [0.25, 0.3) is 0 Å². The van der Waals surface area contributed by atoms with Crippen LogP contribution in [0.5, 0.6) is 0 Å². The van der Waals surface area contributed by atoms with E-state index in [-0.39, 0.29) is 30.4 Å². The van der Waals surface area contributed by atoms with Gasteiger partial charge < -0.3 is 14.3 Å². The molecule has 0 radical (unpaired) electrons. The van der Waals surface area contributed by atoms with E-state index in [1.54, 1.807) is 31.8 Å². The van der Waals surface area contributed by atoms with Crippen molar-refractivity contribution in [1.29, 1.82) is 0 Å². The fourth-order valence-electron chi connectivity index (χ4n) is 2.67. The zero-order chi connectivity index (χ0) is 25.1. The third-order valence-electron chi connectivity index (χ3n) is 4.28. The van der Waals surface area contributed by atoms with E-state index in [0.717, 1.165) is 4.88 Å². The molecule has 3 aromatic rings. The van der Waals surface area contributed by atoms with Crippen LogP contribution in [0.2, 0.25) is 0 Å². The minimum Gasteiger partial charge on any atom is -0.387 e. The minimum atomic E-state index is -3.74. The lowest BCUT2D eigenvalue weighted by Crippen LogP contribution is -2.27. The maximum absolute atomic E-state index is 13.0. The summed E-state index contributed by atoms with van der Waals surface area (Å²) in [6.45, 7) is 0.662. The minimum absolute atomic E-state index is 0.0276. The second-order valence-electron chi connectivity index (χ2n) is 6.81. The second kappa shape index (κ2) is 13.0. The summed E-state index contributed by atoms with van der Waals surface area (Å²) in [5, 5.41) is 7.00. The van der Waals surface area contributed by atoms with Crippen LogP contribution in [-0.4, -0.2) is 62.4 Å². The molecule has 35 heavy (non-hydrogen) atoms. The van der Waals surface area contributed by atoms with Crippen LogP contribution in [0.1, 0.15) is 16.3 Å². The van der Waals surface area contributed by atoms with Gasteiger partial charge in [-0.2, -0.15) is 0 Å². The number of hydrogen-bond donors (Lipinski definition) is 2. The van der Waals surface area contributed by atoms with E-state index in [0.29, 0.717) is 23.1 Å². The van der Waals surface area contributed by atoms with Crippen molar-refractivity contribution in [2.24, 2.45) is 5.16 Å². The first kappa shape index (κ1) is 26.3. The van der Waals surface area contributed by atoms with Crippen molar-refractivity contribution in [2.75, 3.05) is 32.7 Å². The number of oxime groups is 1. The standard InChI is InChI=1S/C21H24N6O6S2/c1-31-11-10-25-35(29,30)17-6-4-15(5-7-17)19(27-33-14-18-22-8-3-9-23-18)20(28)26-21-24-12-16(34-21)13-32-2/h3-9,12,25H,10-11,13-14H2,1-2H3,(H,24,26,28)/b27-19+. The first-order valence-corrected chi connectivity index (χ1v) is 12.5. The number of nitrogens with zero attached hydrogens (tertiary/aromatic N) is 4. The monoisotopic (exact) mass is 520 g/mol. The predicted molar refractivity (Wildman–Crippen MR) is 128 cm³/mol. The molecule has 0 aliphatic rings. The molecule has 1 aromatic carbocycles. The molecule has 12 nitrogen and oxygen atoms in total. The molecule has 2 N–H and O–H groups in total. The molecule has 0 unspecified atom stereocenters. The Balaban J connectivity index is 1.81. The Morgan fingerprint density at radius 3 is 2.49 bits per heavy atom. The molecule has 0 aliphatic carbocycles. The summed E-state index contributed by atoms with van der Waals surface area (Å²) >= 11 is 1.25. The molecule has 0 atom stereocenters. The van der Waals surface area contributed by atoms with Gasteiger partial charge in [0.15, 0.2) is 23.3 Å². The highest BCUT2D eigenvalue weighted by Gasteiger charge is 2.20. The van der Waals surface area contributed by atoms with Crippen LogP contribution in [0.4, 0.5) is 5.13 Å². The summed E-state index contributed by atoms with van der Waals surface area (Å²) in [6.07, 6.45) is 4.71. The largest absolute Gasteiger partial charge is 0.387 e. The van der Waals surface area contributed by atoms with Crippen LogP contribution in [0.3, 0.4) is 0 Å². The molecule has 0 saturated heterocycles. The molecule has 3 rings (SSSR count). The van der Waals surface area contributed by atoms with Gasteiger partial charge in [-0.15, -0.1) is 0 Å². The van der Waals surface area contributed by atoms with Gasteiger partial charge in [0.2, 0.25) is 10.0 Å². The summed E-state index contributed by atoms with van der Waals surface area (Å²) in [4.78, 5) is 31.4. The lowest BCUT2D eigenvalue weighted by molar-refractivity contribution is -0.110. The van der Waals surface area contributed by atoms with Gasteiger partial charge in [-0.3, -0.25) is 10.1 Å². The summed E-state index contributed by atoms with van der Waals surface area (Å²) in [5.41, 5.74) is 0.252. The van der Waals surface area contributed by atoms with Gasteiger partial charge in [0.1, 0.15) is 0 Å². The second-order valence-corrected chi connectivity index (χ2v) is 9.69. The van der Waals surface area contributed by atoms with Gasteiger partial charge >= 0.3 is 0 Å². The van der Waals surface area contributed by atoms with Crippen LogP contribution >= 0.6 is 11.3 Å². The number of aromatic nitrogens is 3. The van der Waals surface area contributed by atoms with E-state index in [9.17, 15) is 13.2 Å². The van der Waals surface area contributed by atoms with Crippen LogP contribution < -0.4 is 10.0 Å². The quantitative estimate of drug-likeness (QED) is 0.194. The van der Waals surface area contributed by atoms with Crippen LogP contribution in [0, 0.1) is 0 Å². The number of rotatable bonds is 13. The van der Waals surface area contributed by atoms with Gasteiger partial charge in [0.05, 0.1) is 23.0 Å². The van der Waals surface area contributed by atoms with Crippen LogP contribution in [0.15, 0.2) is 59.0 Å². The number of ether oxygens (including phenoxy) is 2. The van der Waals surface area contributed by atoms with Crippen molar-refractivity contribution in [3.05, 3.63) is 65.2 Å². The van der Waals surface area contributed by atoms with Crippen molar-refractivity contribution in [2.45, 2.75) is 18.1 Å². The molecule has 0 aliphatic heterocycles. The van der Waals surface area contributed by atoms with E-state index in [1.165, 1.54) is 42.7 Å². The van der Waals surface area contributed by atoms with E-state index in [1.807, 2.05) is 0 Å². The fourth-order valence-corrected chi connectivity index (χ4v) is 4.46. The smallest absolute Gasteiger partial charge is 0.280 e. The first-order valence-electron chi connectivity index (χ1n) is 10.2. The molecule has 0 fully saturated rings. The number of thiazole rings is 1. The highest BCUT2D eigenvalue weighted by molar-refractivity contribution is 7.89. The topological polar surface area (TPSA) is 154 Å². The van der Waals surface area contributed by atoms with E-state index in [4.69, 9.17) is 14.3 Å². The molecular formula is C21H24N6O6S2. The molecule has 1 amide bonds. The molecule has 2 aromatic heterocycles. The Labute approximate surface area is 206 Å². The number of benzene rings is 1. The van der Waals surface area contributed by atoms with Crippen LogP contribution in [-0.2, 0) is 42.3 Å². The number of sulfonamides is 1. The van der Waals surface area contributed by atoms with Gasteiger partial charge in [-0.05, 0) is 18.2 Å². The average molecular weight is 521 g/mol. The van der Waals surface area contributed by atoms with Crippen molar-refractivity contribution in [1.82, 2.24) is 19.7 Å². The normalized spacial score (nSPS) is 11.9. The van der Waals surface area contributed by atoms with Gasteiger partial charge in [-0.25, -0.2) is 28.1 Å². The molecule has 14 heteroatoms. The van der Waals surface area contributed by atoms with Crippen molar-refractivity contribution in [3.8, 4) is 0 Å². The number of amides is 1. The third-order valence-corrected chi connectivity index (χ3v) is 6.64. The van der Waals surface area contributed by atoms with E-state index < -0.39 is 15.9 Å². The SMILES string of the molecule is COCCNS(=O)(=O)c1ccc(/C(=N\OCc2ncccn2)C(=O)Nc2ncc(COC)s2)cc1. The zero-order valence-corrected chi connectivity index (χ0v) is 20.6. The summed E-state index contributed by atoms with van der Waals surface area (Å²) < 4.78 is 37.2. The highest BCUT2D eigenvalue weighted by Crippen LogP contribution is 2.19. The molecule has 0 spiro atoms. The summed E-state index contributed by atoms with van der Waals surface area (Å²) in [5.74, 6) is -0.213. The number of nitrogens with one attached hydrogen (secondary N) is 2. The number of anilines is 1. The van der Waals surface area contributed by atoms with Gasteiger partial charge in [0.25, 0.3) is 5.91 Å². The average Bonchev–Trinajstić information content (AvgIpc) is 3.29. The Morgan fingerprint density at radius 2 is 1.80 bits per heavy atom. The van der Waals surface area contributed by atoms with Crippen molar-refractivity contribution in [3.63, 3.8) is 0 Å². The molecule has 0 bridgehead atoms. The Hall–Kier alpha value is -3.30. The van der Waals surface area contributed by atoms with Gasteiger partial charge in [-0.1, -0.05) is 28.6 Å². The molecule has 186 valence electrons. The van der Waals surface area contributed by atoms with Crippen molar-refractivity contribution < 1.29 is 27.5 Å². The predicted octanol–water partition coefficient (Wildman–Crippen LogP) is 1.56. The molecular weight excluding hydrogens is 496 g/mol. The first-order chi connectivity index (χ1) is 16.9. The number of carbonyl (C=O) groups excluding carboxylic acids is 1. The number of carbonyl (C=O) groups is 1. The van der Waals surface area contributed by atoms with Crippen molar-refractivity contribution >= 4 is 38.1 Å². The summed E-state index contributed by atoms with van der Waals surface area (Å²) in [6, 6.07) is 7.33. The maximum atomic E-state index is 13.0. The van der Waals surface area contributed by atoms with E-state index in [2.05, 4.69) is 30.1 Å². The Kier molecular flexibility index (Phi) is 9.75.